The molecule has 0 spiro atoms. The smallest absolute Gasteiger partial charge is 0.310 e. The molecule has 53 heavy (non-hydrogen) atoms. The number of nitro benzene ring substituents is 1. The average molecular weight is 719 g/mol. The van der Waals surface area contributed by atoms with Gasteiger partial charge in [-0.1, -0.05) is 70.2 Å². The number of hydrogen-bond donors (Lipinski definition) is 3. The standard InChI is InChI=1S/C41H42N4O8/c1-25(2)23-52-36-20-30(39(42)46)11-14-33(36)43-40(47)31-12-15-34(37(21-31)53-24-26(3)4)44-41(48)32-13-16-35(45(49)50)38(22-32)51-18-17-27-9-10-28-7-5-6-8-29(28)19-27/h5-16,19-22,25-26H,17-18,23-24H2,1-4H3,(H2,42,46)(H,43,47)(H,44,48). The molecule has 0 unspecified atom stereocenters. The van der Waals surface area contributed by atoms with Crippen LogP contribution in [0.5, 0.6) is 17.2 Å². The summed E-state index contributed by atoms with van der Waals surface area (Å²) in [5, 5.41) is 19.6. The van der Waals surface area contributed by atoms with E-state index in [0.717, 1.165) is 16.3 Å². The lowest BCUT2D eigenvalue weighted by atomic mass is 10.1. The highest BCUT2D eigenvalue weighted by Gasteiger charge is 2.21. The van der Waals surface area contributed by atoms with E-state index in [1.165, 1.54) is 42.5 Å². The van der Waals surface area contributed by atoms with Crippen molar-refractivity contribution in [3.63, 3.8) is 0 Å². The summed E-state index contributed by atoms with van der Waals surface area (Å²) in [6.07, 6.45) is 0.500. The first-order valence-corrected chi connectivity index (χ1v) is 17.2. The lowest BCUT2D eigenvalue weighted by molar-refractivity contribution is -0.385. The van der Waals surface area contributed by atoms with Crippen LogP contribution < -0.4 is 30.6 Å². The van der Waals surface area contributed by atoms with E-state index in [-0.39, 0.29) is 58.0 Å². The minimum Gasteiger partial charge on any atom is -0.491 e. The van der Waals surface area contributed by atoms with Crippen molar-refractivity contribution in [1.82, 2.24) is 0 Å². The van der Waals surface area contributed by atoms with E-state index in [2.05, 4.69) is 10.6 Å². The second-order valence-corrected chi connectivity index (χ2v) is 13.3. The Morgan fingerprint density at radius 3 is 1.75 bits per heavy atom. The third-order valence-corrected chi connectivity index (χ3v) is 8.03. The highest BCUT2D eigenvalue weighted by atomic mass is 16.6. The summed E-state index contributed by atoms with van der Waals surface area (Å²) in [5.41, 5.74) is 7.42. The Bertz CT molecular complexity index is 2150. The Morgan fingerprint density at radius 1 is 0.660 bits per heavy atom. The largest absolute Gasteiger partial charge is 0.491 e. The fourth-order valence-electron chi connectivity index (χ4n) is 5.28. The maximum absolute atomic E-state index is 13.5. The van der Waals surface area contributed by atoms with Crippen molar-refractivity contribution in [2.75, 3.05) is 30.5 Å². The fraction of sp³-hybridized carbons (Fsp3) is 0.244. The molecule has 0 atom stereocenters. The Morgan fingerprint density at radius 2 is 1.19 bits per heavy atom. The van der Waals surface area contributed by atoms with Crippen molar-refractivity contribution in [2.24, 2.45) is 17.6 Å². The molecular formula is C41H42N4O8. The van der Waals surface area contributed by atoms with Crippen LogP contribution in [0, 0.1) is 22.0 Å². The predicted octanol–water partition coefficient (Wildman–Crippen LogP) is 8.04. The van der Waals surface area contributed by atoms with Gasteiger partial charge in [-0.2, -0.15) is 0 Å². The maximum atomic E-state index is 13.5. The summed E-state index contributed by atoms with van der Waals surface area (Å²) in [6.45, 7) is 8.66. The number of carbonyl (C=O) groups excluding carboxylic acids is 3. The number of ether oxygens (including phenoxy) is 3. The van der Waals surface area contributed by atoms with Gasteiger partial charge < -0.3 is 30.6 Å². The van der Waals surface area contributed by atoms with E-state index < -0.39 is 22.6 Å². The summed E-state index contributed by atoms with van der Waals surface area (Å²) in [5.74, 6) is -0.859. The van der Waals surface area contributed by atoms with Crippen molar-refractivity contribution in [3.8, 4) is 17.2 Å². The molecule has 3 amide bonds. The van der Waals surface area contributed by atoms with Crippen LogP contribution in [0.2, 0.25) is 0 Å². The van der Waals surface area contributed by atoms with Gasteiger partial charge in [0.2, 0.25) is 5.91 Å². The highest BCUT2D eigenvalue weighted by molar-refractivity contribution is 6.08. The summed E-state index contributed by atoms with van der Waals surface area (Å²) >= 11 is 0. The maximum Gasteiger partial charge on any atom is 0.310 e. The molecule has 274 valence electrons. The number of anilines is 2. The van der Waals surface area contributed by atoms with E-state index in [0.29, 0.717) is 31.1 Å². The minimum atomic E-state index is -0.628. The van der Waals surface area contributed by atoms with Gasteiger partial charge in [-0.25, -0.2) is 0 Å². The van der Waals surface area contributed by atoms with E-state index in [1.807, 2.05) is 70.2 Å². The monoisotopic (exact) mass is 718 g/mol. The van der Waals surface area contributed by atoms with Gasteiger partial charge in [0.25, 0.3) is 11.8 Å². The minimum absolute atomic E-state index is 0.0349. The molecule has 0 heterocycles. The second-order valence-electron chi connectivity index (χ2n) is 13.3. The summed E-state index contributed by atoms with van der Waals surface area (Å²) in [7, 11) is 0. The van der Waals surface area contributed by atoms with Crippen LogP contribution in [0.25, 0.3) is 10.8 Å². The molecule has 0 saturated heterocycles. The van der Waals surface area contributed by atoms with E-state index in [9.17, 15) is 24.5 Å². The van der Waals surface area contributed by atoms with Gasteiger partial charge in [0, 0.05) is 35.2 Å². The third-order valence-electron chi connectivity index (χ3n) is 8.03. The first kappa shape index (κ1) is 37.8. The van der Waals surface area contributed by atoms with Crippen LogP contribution in [0.1, 0.15) is 64.3 Å². The average Bonchev–Trinajstić information content (AvgIpc) is 3.13. The van der Waals surface area contributed by atoms with E-state index in [1.54, 1.807) is 12.1 Å². The molecule has 0 aliphatic carbocycles. The van der Waals surface area contributed by atoms with Crippen molar-refractivity contribution in [2.45, 2.75) is 34.1 Å². The van der Waals surface area contributed by atoms with Crippen molar-refractivity contribution >= 4 is 45.6 Å². The number of nitrogens with two attached hydrogens (primary N) is 1. The van der Waals surface area contributed by atoms with Crippen molar-refractivity contribution in [3.05, 3.63) is 129 Å². The van der Waals surface area contributed by atoms with Crippen molar-refractivity contribution < 1.29 is 33.5 Å². The van der Waals surface area contributed by atoms with Gasteiger partial charge in [-0.3, -0.25) is 24.5 Å². The molecule has 0 fully saturated rings. The number of benzene rings is 5. The molecule has 0 aliphatic rings. The highest BCUT2D eigenvalue weighted by Crippen LogP contribution is 2.32. The molecule has 0 saturated carbocycles. The Balaban J connectivity index is 1.33. The van der Waals surface area contributed by atoms with Crippen LogP contribution >= 0.6 is 0 Å². The number of fused-ring (bicyclic) bond motifs is 1. The van der Waals surface area contributed by atoms with E-state index >= 15 is 0 Å². The number of carbonyl (C=O) groups is 3. The lowest BCUT2D eigenvalue weighted by Crippen LogP contribution is -2.17. The van der Waals surface area contributed by atoms with Crippen LogP contribution in [-0.4, -0.2) is 42.5 Å². The zero-order valence-corrected chi connectivity index (χ0v) is 30.0. The quantitative estimate of drug-likeness (QED) is 0.0679. The molecule has 5 rings (SSSR count). The summed E-state index contributed by atoms with van der Waals surface area (Å²) in [6, 6.07) is 27.0. The van der Waals surface area contributed by atoms with Gasteiger partial charge in [0.1, 0.15) is 11.5 Å². The molecular weight excluding hydrogens is 676 g/mol. The molecule has 5 aromatic rings. The molecule has 5 aromatic carbocycles. The van der Waals surface area contributed by atoms with E-state index in [4.69, 9.17) is 19.9 Å². The molecule has 12 heteroatoms. The molecule has 0 bridgehead atoms. The van der Waals surface area contributed by atoms with Gasteiger partial charge in [0.05, 0.1) is 36.1 Å². The first-order valence-electron chi connectivity index (χ1n) is 17.2. The molecule has 0 radical (unpaired) electrons. The van der Waals surface area contributed by atoms with Gasteiger partial charge in [-0.15, -0.1) is 0 Å². The normalized spacial score (nSPS) is 11.0. The zero-order chi connectivity index (χ0) is 38.1. The van der Waals surface area contributed by atoms with Crippen LogP contribution in [-0.2, 0) is 6.42 Å². The molecule has 0 aliphatic heterocycles. The third kappa shape index (κ3) is 10.1. The number of hydrogen-bond acceptors (Lipinski definition) is 8. The number of rotatable bonds is 16. The summed E-state index contributed by atoms with van der Waals surface area (Å²) in [4.78, 5) is 50.0. The molecule has 12 nitrogen and oxygen atoms in total. The fourth-order valence-corrected chi connectivity index (χ4v) is 5.28. The van der Waals surface area contributed by atoms with Gasteiger partial charge in [0.15, 0.2) is 5.75 Å². The molecule has 0 aromatic heterocycles. The number of nitrogens with zero attached hydrogens (tertiary/aromatic N) is 1. The second kappa shape index (κ2) is 17.2. The Kier molecular flexibility index (Phi) is 12.3. The first-order chi connectivity index (χ1) is 25.4. The van der Waals surface area contributed by atoms with Crippen LogP contribution in [0.15, 0.2) is 97.1 Å². The predicted molar refractivity (Wildman–Crippen MR) is 204 cm³/mol. The Hall–Kier alpha value is -6.43. The van der Waals surface area contributed by atoms with Crippen LogP contribution in [0.4, 0.5) is 17.1 Å². The Labute approximate surface area is 307 Å². The number of nitrogens with one attached hydrogen (secondary N) is 2. The zero-order valence-electron chi connectivity index (χ0n) is 30.0. The number of amides is 3. The van der Waals surface area contributed by atoms with Gasteiger partial charge >= 0.3 is 5.69 Å². The molecule has 4 N–H and O–H groups in total. The number of primary amides is 1. The van der Waals surface area contributed by atoms with Crippen molar-refractivity contribution in [1.29, 1.82) is 0 Å². The van der Waals surface area contributed by atoms with Gasteiger partial charge in [-0.05, 0) is 70.6 Å². The summed E-state index contributed by atoms with van der Waals surface area (Å²) < 4.78 is 17.7. The SMILES string of the molecule is CC(C)COc1cc(C(N)=O)ccc1NC(=O)c1ccc(NC(=O)c2ccc([N+](=O)[O-])c(OCCc3ccc4ccccc4c3)c2)c(OCC(C)C)c1. The topological polar surface area (TPSA) is 172 Å². The number of nitro groups is 1. The van der Waals surface area contributed by atoms with Crippen LogP contribution in [0.3, 0.4) is 0 Å². The lowest BCUT2D eigenvalue weighted by Gasteiger charge is -2.17.